The second-order valence-electron chi connectivity index (χ2n) is 4.98. The zero-order valence-electron chi connectivity index (χ0n) is 12.3. The van der Waals surface area contributed by atoms with Crippen LogP contribution in [0.3, 0.4) is 0 Å². The van der Waals surface area contributed by atoms with Crippen molar-refractivity contribution in [1.29, 1.82) is 0 Å². The first-order valence-corrected chi connectivity index (χ1v) is 7.14. The van der Waals surface area contributed by atoms with E-state index in [0.29, 0.717) is 32.5 Å². The van der Waals surface area contributed by atoms with E-state index < -0.39 is 12.0 Å². The summed E-state index contributed by atoms with van der Waals surface area (Å²) < 4.78 is 5.22. The maximum Gasteiger partial charge on any atom is 0.329 e. The second kappa shape index (κ2) is 9.30. The zero-order valence-corrected chi connectivity index (χ0v) is 12.3. The predicted molar refractivity (Wildman–Crippen MR) is 74.9 cm³/mol. The van der Waals surface area contributed by atoms with Crippen molar-refractivity contribution < 1.29 is 24.2 Å². The Hall–Kier alpha value is -1.67. The first-order chi connectivity index (χ1) is 10.0. The fourth-order valence-corrected chi connectivity index (χ4v) is 2.08. The smallest absolute Gasteiger partial charge is 0.329 e. The van der Waals surface area contributed by atoms with Gasteiger partial charge in [-0.2, -0.15) is 0 Å². The van der Waals surface area contributed by atoms with Crippen LogP contribution in [0.25, 0.3) is 0 Å². The van der Waals surface area contributed by atoms with Gasteiger partial charge in [0.05, 0.1) is 12.6 Å². The highest BCUT2D eigenvalue weighted by Gasteiger charge is 2.22. The van der Waals surface area contributed by atoms with E-state index in [4.69, 9.17) is 9.84 Å². The molecule has 0 spiro atoms. The first kappa shape index (κ1) is 17.4. The minimum absolute atomic E-state index is 0.0757. The van der Waals surface area contributed by atoms with Gasteiger partial charge in [-0.05, 0) is 19.3 Å². The maximum atomic E-state index is 11.7. The summed E-state index contributed by atoms with van der Waals surface area (Å²) in [5.41, 5.74) is 0. The van der Waals surface area contributed by atoms with E-state index in [-0.39, 0.29) is 25.2 Å². The molecular weight excluding hydrogens is 278 g/mol. The molecule has 21 heavy (non-hydrogen) atoms. The highest BCUT2D eigenvalue weighted by Crippen LogP contribution is 2.13. The van der Waals surface area contributed by atoms with Gasteiger partial charge in [0.25, 0.3) is 0 Å². The van der Waals surface area contributed by atoms with Gasteiger partial charge in [-0.3, -0.25) is 15.0 Å². The van der Waals surface area contributed by atoms with E-state index in [2.05, 4.69) is 10.6 Å². The highest BCUT2D eigenvalue weighted by molar-refractivity contribution is 5.95. The quantitative estimate of drug-likeness (QED) is 0.600. The Balaban J connectivity index is 2.18. The minimum atomic E-state index is -0.977. The number of amides is 3. The monoisotopic (exact) mass is 301 g/mol. The van der Waals surface area contributed by atoms with Gasteiger partial charge in [0.1, 0.15) is 6.61 Å². The Morgan fingerprint density at radius 3 is 2.52 bits per heavy atom. The van der Waals surface area contributed by atoms with Crippen LogP contribution in [0.4, 0.5) is 4.79 Å². The van der Waals surface area contributed by atoms with Gasteiger partial charge < -0.3 is 15.2 Å². The van der Waals surface area contributed by atoms with E-state index in [9.17, 15) is 14.4 Å². The fraction of sp³-hybridized carbons (Fsp3) is 0.769. The van der Waals surface area contributed by atoms with Crippen LogP contribution in [0.15, 0.2) is 0 Å². The standard InChI is InChI=1S/C13H23N3O5/c1-2-5-14-13(20)15-11(17)8-16-6-3-10(4-7-16)21-9-12(18)19/h10H,2-9H2,1H3,(H,18,19)(H2,14,15,17,20). The summed E-state index contributed by atoms with van der Waals surface area (Å²) in [7, 11) is 0. The summed E-state index contributed by atoms with van der Waals surface area (Å²) >= 11 is 0. The summed E-state index contributed by atoms with van der Waals surface area (Å²) in [6.07, 6.45) is 2.10. The molecular formula is C13H23N3O5. The molecule has 3 N–H and O–H groups in total. The maximum absolute atomic E-state index is 11.7. The Labute approximate surface area is 123 Å². The fourth-order valence-electron chi connectivity index (χ4n) is 2.08. The Morgan fingerprint density at radius 1 is 1.29 bits per heavy atom. The molecule has 1 heterocycles. The SMILES string of the molecule is CCCNC(=O)NC(=O)CN1CCC(OCC(=O)O)CC1. The predicted octanol–water partition coefficient (Wildman–Crippen LogP) is -0.212. The molecule has 1 aliphatic heterocycles. The molecule has 3 amide bonds. The van der Waals surface area contributed by atoms with Crippen LogP contribution in [0, 0.1) is 0 Å². The van der Waals surface area contributed by atoms with Crippen molar-refractivity contribution >= 4 is 17.9 Å². The molecule has 0 aliphatic carbocycles. The lowest BCUT2D eigenvalue weighted by molar-refractivity contribution is -0.145. The number of carboxylic acids is 1. The van der Waals surface area contributed by atoms with Crippen LogP contribution in [0.5, 0.6) is 0 Å². The molecule has 0 aromatic carbocycles. The summed E-state index contributed by atoms with van der Waals surface area (Å²) in [5, 5.41) is 13.4. The number of carbonyl (C=O) groups excluding carboxylic acids is 2. The molecule has 1 rings (SSSR count). The summed E-state index contributed by atoms with van der Waals surface area (Å²) in [5.74, 6) is -1.32. The van der Waals surface area contributed by atoms with Gasteiger partial charge in [0, 0.05) is 19.6 Å². The lowest BCUT2D eigenvalue weighted by Crippen LogP contribution is -2.47. The third kappa shape index (κ3) is 7.62. The normalized spacial score (nSPS) is 16.4. The first-order valence-electron chi connectivity index (χ1n) is 7.14. The number of carboxylic acid groups (broad SMARTS) is 1. The number of hydrogen-bond donors (Lipinski definition) is 3. The van der Waals surface area contributed by atoms with E-state index >= 15 is 0 Å². The molecule has 8 heteroatoms. The molecule has 1 fully saturated rings. The number of rotatable bonds is 7. The molecule has 1 aliphatic rings. The summed E-state index contributed by atoms with van der Waals surface area (Å²) in [4.78, 5) is 35.3. The number of piperidine rings is 1. The number of likely N-dealkylation sites (tertiary alicyclic amines) is 1. The summed E-state index contributed by atoms with van der Waals surface area (Å²) in [6, 6.07) is -0.471. The van der Waals surface area contributed by atoms with Crippen LogP contribution < -0.4 is 10.6 Å². The van der Waals surface area contributed by atoms with Crippen LogP contribution in [-0.4, -0.2) is 66.8 Å². The Kier molecular flexibility index (Phi) is 7.70. The molecule has 0 saturated carbocycles. The van der Waals surface area contributed by atoms with Crippen molar-refractivity contribution in [2.45, 2.75) is 32.3 Å². The Bertz CT molecular complexity index is 367. The van der Waals surface area contributed by atoms with Crippen LogP contribution in [-0.2, 0) is 14.3 Å². The average molecular weight is 301 g/mol. The molecule has 0 bridgehead atoms. The average Bonchev–Trinajstić information content (AvgIpc) is 2.44. The van der Waals surface area contributed by atoms with Gasteiger partial charge in [-0.15, -0.1) is 0 Å². The van der Waals surface area contributed by atoms with Crippen molar-refractivity contribution in [1.82, 2.24) is 15.5 Å². The topological polar surface area (TPSA) is 108 Å². The molecule has 0 unspecified atom stereocenters. The van der Waals surface area contributed by atoms with Crippen molar-refractivity contribution in [3.63, 3.8) is 0 Å². The van der Waals surface area contributed by atoms with Crippen molar-refractivity contribution in [2.24, 2.45) is 0 Å². The van der Waals surface area contributed by atoms with Crippen molar-refractivity contribution in [3.05, 3.63) is 0 Å². The zero-order chi connectivity index (χ0) is 15.7. The number of nitrogens with one attached hydrogen (secondary N) is 2. The third-order valence-electron chi connectivity index (χ3n) is 3.13. The van der Waals surface area contributed by atoms with E-state index in [0.717, 1.165) is 6.42 Å². The number of carbonyl (C=O) groups is 3. The van der Waals surface area contributed by atoms with Crippen LogP contribution in [0.2, 0.25) is 0 Å². The van der Waals surface area contributed by atoms with Crippen LogP contribution >= 0.6 is 0 Å². The largest absolute Gasteiger partial charge is 0.480 e. The molecule has 0 atom stereocenters. The number of urea groups is 1. The lowest BCUT2D eigenvalue weighted by atomic mass is 10.1. The lowest BCUT2D eigenvalue weighted by Gasteiger charge is -2.30. The van der Waals surface area contributed by atoms with Crippen LogP contribution in [0.1, 0.15) is 26.2 Å². The minimum Gasteiger partial charge on any atom is -0.480 e. The third-order valence-corrected chi connectivity index (χ3v) is 3.13. The van der Waals surface area contributed by atoms with E-state index in [1.165, 1.54) is 0 Å². The number of aliphatic carboxylic acids is 1. The highest BCUT2D eigenvalue weighted by atomic mass is 16.5. The molecule has 1 saturated heterocycles. The van der Waals surface area contributed by atoms with Gasteiger partial charge >= 0.3 is 12.0 Å². The van der Waals surface area contributed by atoms with Gasteiger partial charge in [0.2, 0.25) is 5.91 Å². The van der Waals surface area contributed by atoms with E-state index in [1.807, 2.05) is 11.8 Å². The van der Waals surface area contributed by atoms with Gasteiger partial charge in [0.15, 0.2) is 0 Å². The molecule has 8 nitrogen and oxygen atoms in total. The second-order valence-corrected chi connectivity index (χ2v) is 4.98. The molecule has 0 radical (unpaired) electrons. The van der Waals surface area contributed by atoms with Crippen molar-refractivity contribution in [3.8, 4) is 0 Å². The number of nitrogens with zero attached hydrogens (tertiary/aromatic N) is 1. The van der Waals surface area contributed by atoms with Gasteiger partial charge in [-0.1, -0.05) is 6.92 Å². The number of imide groups is 1. The van der Waals surface area contributed by atoms with E-state index in [1.54, 1.807) is 0 Å². The van der Waals surface area contributed by atoms with Crippen molar-refractivity contribution in [2.75, 3.05) is 32.8 Å². The molecule has 0 aromatic rings. The molecule has 120 valence electrons. The summed E-state index contributed by atoms with van der Waals surface area (Å²) in [6.45, 7) is 3.63. The molecule has 0 aromatic heterocycles. The number of ether oxygens (including phenoxy) is 1. The number of hydrogen-bond acceptors (Lipinski definition) is 5. The van der Waals surface area contributed by atoms with Gasteiger partial charge in [-0.25, -0.2) is 9.59 Å². The Morgan fingerprint density at radius 2 is 1.95 bits per heavy atom.